The van der Waals surface area contributed by atoms with Crippen molar-refractivity contribution in [2.75, 3.05) is 12.4 Å². The second-order valence-corrected chi connectivity index (χ2v) is 6.72. The molecule has 0 fully saturated rings. The number of benzene rings is 2. The first-order valence-corrected chi connectivity index (χ1v) is 9.24. The molecule has 0 unspecified atom stereocenters. The fourth-order valence-electron chi connectivity index (χ4n) is 3.33. The predicted octanol–water partition coefficient (Wildman–Crippen LogP) is 5.33. The van der Waals surface area contributed by atoms with Gasteiger partial charge in [-0.15, -0.1) is 0 Å². The molecule has 6 nitrogen and oxygen atoms in total. The average Bonchev–Trinajstić information content (AvgIpc) is 3.23. The summed E-state index contributed by atoms with van der Waals surface area (Å²) in [4.78, 5) is 13.7. The predicted molar refractivity (Wildman–Crippen MR) is 113 cm³/mol. The van der Waals surface area contributed by atoms with Gasteiger partial charge in [0.1, 0.15) is 11.4 Å². The van der Waals surface area contributed by atoms with Crippen molar-refractivity contribution in [2.45, 2.75) is 6.61 Å². The van der Waals surface area contributed by atoms with Gasteiger partial charge in [-0.25, -0.2) is 9.97 Å². The zero-order valence-electron chi connectivity index (χ0n) is 15.8. The number of nitrogens with zero attached hydrogens (tertiary/aromatic N) is 3. The monoisotopic (exact) mass is 382 g/mol. The van der Waals surface area contributed by atoms with E-state index in [4.69, 9.17) is 19.1 Å². The molecule has 1 N–H and O–H groups in total. The van der Waals surface area contributed by atoms with Crippen LogP contribution in [0.2, 0.25) is 0 Å². The van der Waals surface area contributed by atoms with Gasteiger partial charge in [0.25, 0.3) is 0 Å². The molecule has 3 heterocycles. The van der Waals surface area contributed by atoms with Crippen molar-refractivity contribution in [1.82, 2.24) is 15.0 Å². The van der Waals surface area contributed by atoms with E-state index in [9.17, 15) is 0 Å². The minimum absolute atomic E-state index is 0.528. The molecule has 0 spiro atoms. The summed E-state index contributed by atoms with van der Waals surface area (Å²) in [6.07, 6.45) is 5.19. The second-order valence-electron chi connectivity index (χ2n) is 6.72. The number of hydrogen-bond acceptors (Lipinski definition) is 6. The summed E-state index contributed by atoms with van der Waals surface area (Å²) in [6, 6.07) is 17.8. The lowest BCUT2D eigenvalue weighted by Crippen LogP contribution is -2.00. The van der Waals surface area contributed by atoms with Crippen LogP contribution < -0.4 is 5.32 Å². The normalized spacial score (nSPS) is 11.2. The summed E-state index contributed by atoms with van der Waals surface area (Å²) in [6.45, 7) is 0.528. The maximum atomic E-state index is 5.44. The van der Waals surface area contributed by atoms with Crippen molar-refractivity contribution in [3.63, 3.8) is 0 Å². The van der Waals surface area contributed by atoms with E-state index >= 15 is 0 Å². The molecule has 0 radical (unpaired) electrons. The maximum absolute atomic E-state index is 5.44. The molecule has 0 saturated heterocycles. The lowest BCUT2D eigenvalue weighted by molar-refractivity contribution is 0.185. The Morgan fingerprint density at radius 1 is 1.03 bits per heavy atom. The van der Waals surface area contributed by atoms with Gasteiger partial charge in [-0.2, -0.15) is 0 Å². The number of furan rings is 1. The highest BCUT2D eigenvalue weighted by Gasteiger charge is 2.11. The molecule has 0 aliphatic heterocycles. The molecule has 0 atom stereocenters. The standard InChI is InChI=1S/C23H18N4O2/c1-28-14-15-4-6-20-19(11-15)23(27-22(26-20)17-3-2-9-24-13-17)25-18-5-7-21-16(12-18)8-10-29-21/h2-13H,14H2,1H3,(H,25,26,27). The number of anilines is 2. The van der Waals surface area contributed by atoms with Gasteiger partial charge in [0, 0.05) is 41.5 Å². The molecule has 0 aliphatic rings. The van der Waals surface area contributed by atoms with Crippen LogP contribution in [0.15, 0.2) is 77.7 Å². The van der Waals surface area contributed by atoms with Gasteiger partial charge in [0.2, 0.25) is 0 Å². The number of ether oxygens (including phenoxy) is 1. The Balaban J connectivity index is 1.65. The van der Waals surface area contributed by atoms with Gasteiger partial charge in [-0.1, -0.05) is 6.07 Å². The minimum Gasteiger partial charge on any atom is -0.464 e. The number of nitrogens with one attached hydrogen (secondary N) is 1. The van der Waals surface area contributed by atoms with E-state index in [1.54, 1.807) is 25.8 Å². The Morgan fingerprint density at radius 3 is 2.86 bits per heavy atom. The van der Waals surface area contributed by atoms with Crippen LogP contribution in [-0.4, -0.2) is 22.1 Å². The quantitative estimate of drug-likeness (QED) is 0.443. The molecule has 6 heteroatoms. The lowest BCUT2D eigenvalue weighted by atomic mass is 10.1. The van der Waals surface area contributed by atoms with Gasteiger partial charge >= 0.3 is 0 Å². The van der Waals surface area contributed by atoms with Crippen molar-refractivity contribution in [3.8, 4) is 11.4 Å². The van der Waals surface area contributed by atoms with Crippen LogP contribution >= 0.6 is 0 Å². The van der Waals surface area contributed by atoms with Gasteiger partial charge in [0.05, 0.1) is 18.4 Å². The van der Waals surface area contributed by atoms with Crippen molar-refractivity contribution in [2.24, 2.45) is 0 Å². The van der Waals surface area contributed by atoms with Crippen molar-refractivity contribution >= 4 is 33.4 Å². The van der Waals surface area contributed by atoms with Crippen LogP contribution in [0.4, 0.5) is 11.5 Å². The third-order valence-electron chi connectivity index (χ3n) is 4.71. The molecule has 0 bridgehead atoms. The van der Waals surface area contributed by atoms with Crippen LogP contribution in [0.25, 0.3) is 33.3 Å². The van der Waals surface area contributed by atoms with Crippen LogP contribution in [0.3, 0.4) is 0 Å². The molecule has 3 aromatic heterocycles. The zero-order chi connectivity index (χ0) is 19.6. The van der Waals surface area contributed by atoms with E-state index in [0.717, 1.165) is 44.5 Å². The largest absolute Gasteiger partial charge is 0.464 e. The highest BCUT2D eigenvalue weighted by molar-refractivity contribution is 5.93. The van der Waals surface area contributed by atoms with Gasteiger partial charge in [-0.05, 0) is 54.1 Å². The summed E-state index contributed by atoms with van der Waals surface area (Å²) in [5, 5.41) is 5.41. The molecular formula is C23H18N4O2. The maximum Gasteiger partial charge on any atom is 0.163 e. The molecule has 0 aliphatic carbocycles. The molecule has 5 rings (SSSR count). The lowest BCUT2D eigenvalue weighted by Gasteiger charge is -2.12. The Bertz CT molecular complexity index is 1300. The molecular weight excluding hydrogens is 364 g/mol. The van der Waals surface area contributed by atoms with Crippen molar-refractivity contribution in [1.29, 1.82) is 0 Å². The Morgan fingerprint density at radius 2 is 2.00 bits per heavy atom. The average molecular weight is 382 g/mol. The Labute approximate surface area is 167 Å². The van der Waals surface area contributed by atoms with E-state index in [1.165, 1.54) is 0 Å². The van der Waals surface area contributed by atoms with Crippen LogP contribution in [0, 0.1) is 0 Å². The first-order valence-electron chi connectivity index (χ1n) is 9.24. The van der Waals surface area contributed by atoms with Crippen LogP contribution in [-0.2, 0) is 11.3 Å². The molecule has 142 valence electrons. The van der Waals surface area contributed by atoms with E-state index in [2.05, 4.69) is 16.4 Å². The van der Waals surface area contributed by atoms with Crippen molar-refractivity contribution < 1.29 is 9.15 Å². The first kappa shape index (κ1) is 17.3. The third kappa shape index (κ3) is 3.41. The number of rotatable bonds is 5. The van der Waals surface area contributed by atoms with E-state index in [0.29, 0.717) is 12.4 Å². The summed E-state index contributed by atoms with van der Waals surface area (Å²) in [7, 11) is 1.69. The number of fused-ring (bicyclic) bond motifs is 2. The number of pyridine rings is 1. The number of aromatic nitrogens is 3. The fraction of sp³-hybridized carbons (Fsp3) is 0.0870. The van der Waals surface area contributed by atoms with Crippen molar-refractivity contribution in [3.05, 3.63) is 78.8 Å². The van der Waals surface area contributed by atoms with Gasteiger partial charge < -0.3 is 14.5 Å². The van der Waals surface area contributed by atoms with Gasteiger partial charge in [0.15, 0.2) is 5.82 Å². The SMILES string of the molecule is COCc1ccc2nc(-c3cccnc3)nc(Nc3ccc4occc4c3)c2c1. The summed E-state index contributed by atoms with van der Waals surface area (Å²) in [5.74, 6) is 1.35. The number of methoxy groups -OCH3 is 1. The van der Waals surface area contributed by atoms with Crippen LogP contribution in [0.1, 0.15) is 5.56 Å². The minimum atomic E-state index is 0.528. The highest BCUT2D eigenvalue weighted by Crippen LogP contribution is 2.29. The van der Waals surface area contributed by atoms with Gasteiger partial charge in [-0.3, -0.25) is 4.98 Å². The topological polar surface area (TPSA) is 73.1 Å². The van der Waals surface area contributed by atoms with E-state index in [1.807, 2.05) is 48.5 Å². The summed E-state index contributed by atoms with van der Waals surface area (Å²) in [5.41, 5.74) is 4.55. The Hall–Kier alpha value is -3.77. The fourth-order valence-corrected chi connectivity index (χ4v) is 3.33. The Kier molecular flexibility index (Phi) is 4.38. The molecule has 5 aromatic rings. The van der Waals surface area contributed by atoms with E-state index < -0.39 is 0 Å². The van der Waals surface area contributed by atoms with E-state index in [-0.39, 0.29) is 0 Å². The first-order chi connectivity index (χ1) is 14.3. The third-order valence-corrected chi connectivity index (χ3v) is 4.71. The molecule has 0 amide bonds. The number of hydrogen-bond donors (Lipinski definition) is 1. The highest BCUT2D eigenvalue weighted by atomic mass is 16.5. The molecule has 2 aromatic carbocycles. The zero-order valence-corrected chi connectivity index (χ0v) is 15.8. The molecule has 0 saturated carbocycles. The summed E-state index contributed by atoms with van der Waals surface area (Å²) >= 11 is 0. The van der Waals surface area contributed by atoms with Crippen LogP contribution in [0.5, 0.6) is 0 Å². The smallest absolute Gasteiger partial charge is 0.163 e. The second kappa shape index (κ2) is 7.33. The summed E-state index contributed by atoms with van der Waals surface area (Å²) < 4.78 is 10.7. The molecule has 29 heavy (non-hydrogen) atoms.